The van der Waals surface area contributed by atoms with Crippen LogP contribution in [0.25, 0.3) is 22.3 Å². The number of carbonyl (C=O) groups excluding carboxylic acids is 2. The summed E-state index contributed by atoms with van der Waals surface area (Å²) < 4.78 is 22.0. The number of hydrogen-bond donors (Lipinski definition) is 2. The lowest BCUT2D eigenvalue weighted by Gasteiger charge is -2.24. The molecule has 0 spiro atoms. The van der Waals surface area contributed by atoms with E-state index in [-0.39, 0.29) is 42.3 Å². The van der Waals surface area contributed by atoms with Gasteiger partial charge in [-0.3, -0.25) is 4.79 Å². The fraction of sp³-hybridized carbons (Fsp3) is 0.182. The minimum atomic E-state index is -0.533. The number of carbonyl (C=O) groups is 2. The van der Waals surface area contributed by atoms with Crippen LogP contribution >= 0.6 is 0 Å². The molecular formula is C33H31FN10O3. The Hall–Kier alpha value is -6.18. The van der Waals surface area contributed by atoms with E-state index in [0.29, 0.717) is 23.1 Å². The molecule has 14 heteroatoms. The predicted molar refractivity (Wildman–Crippen MR) is 172 cm³/mol. The quantitative estimate of drug-likeness (QED) is 0.226. The van der Waals surface area contributed by atoms with E-state index < -0.39 is 11.7 Å². The monoisotopic (exact) mass is 634 g/mol. The van der Waals surface area contributed by atoms with Crippen LogP contribution < -0.4 is 15.8 Å². The fourth-order valence-electron chi connectivity index (χ4n) is 5.36. The normalized spacial score (nSPS) is 11.7. The Morgan fingerprint density at radius 2 is 1.81 bits per heavy atom. The molecule has 0 aliphatic rings. The molecule has 0 saturated carbocycles. The number of aromatic nitrogens is 7. The summed E-state index contributed by atoms with van der Waals surface area (Å²) in [5, 5.41) is 12.4. The molecule has 3 aromatic heterocycles. The van der Waals surface area contributed by atoms with Gasteiger partial charge >= 0.3 is 6.03 Å². The van der Waals surface area contributed by atoms with Crippen molar-refractivity contribution in [1.29, 1.82) is 0 Å². The summed E-state index contributed by atoms with van der Waals surface area (Å²) in [4.78, 5) is 40.1. The Kier molecular flexibility index (Phi) is 8.82. The van der Waals surface area contributed by atoms with Crippen LogP contribution in [0.1, 0.15) is 27.5 Å². The second-order valence-corrected chi connectivity index (χ2v) is 10.8. The highest BCUT2D eigenvalue weighted by Gasteiger charge is 2.26. The number of nitrogens with two attached hydrogens (primary N) is 1. The van der Waals surface area contributed by atoms with E-state index in [1.165, 1.54) is 42.9 Å². The summed E-state index contributed by atoms with van der Waals surface area (Å²) in [5.41, 5.74) is 10.2. The first-order valence-electron chi connectivity index (χ1n) is 14.7. The number of nitrogens with one attached hydrogen (secondary N) is 1. The number of ether oxygens (including phenoxy) is 1. The van der Waals surface area contributed by atoms with Gasteiger partial charge in [0.2, 0.25) is 0 Å². The first-order valence-corrected chi connectivity index (χ1v) is 14.7. The Bertz CT molecular complexity index is 2010. The maximum atomic E-state index is 13.8. The van der Waals surface area contributed by atoms with Gasteiger partial charge in [-0.1, -0.05) is 54.6 Å². The van der Waals surface area contributed by atoms with Crippen molar-refractivity contribution in [1.82, 2.24) is 44.7 Å². The van der Waals surface area contributed by atoms with Crippen molar-refractivity contribution in [3.05, 3.63) is 114 Å². The van der Waals surface area contributed by atoms with Crippen LogP contribution in [0.3, 0.4) is 0 Å². The molecule has 0 radical (unpaired) electrons. The van der Waals surface area contributed by atoms with Gasteiger partial charge in [0.1, 0.15) is 42.1 Å². The third kappa shape index (κ3) is 6.61. The summed E-state index contributed by atoms with van der Waals surface area (Å²) in [7, 11) is 3.12. The summed E-state index contributed by atoms with van der Waals surface area (Å²) in [6.07, 6.45) is 4.60. The van der Waals surface area contributed by atoms with Gasteiger partial charge in [-0.25, -0.2) is 28.8 Å². The number of fused-ring (bicyclic) bond motifs is 1. The number of halogens is 1. The molecule has 3 N–H and O–H groups in total. The molecule has 0 aliphatic carbocycles. The maximum absolute atomic E-state index is 13.8. The second-order valence-electron chi connectivity index (χ2n) is 10.8. The van der Waals surface area contributed by atoms with Gasteiger partial charge in [-0.05, 0) is 35.7 Å². The number of likely N-dealkylation sites (N-methyl/N-ethyl adjacent to an activating group) is 1. The smallest absolute Gasteiger partial charge is 0.345 e. The molecular weight excluding hydrogens is 603 g/mol. The Morgan fingerprint density at radius 3 is 2.53 bits per heavy atom. The van der Waals surface area contributed by atoms with Crippen molar-refractivity contribution in [2.75, 3.05) is 26.4 Å². The van der Waals surface area contributed by atoms with Crippen molar-refractivity contribution >= 4 is 28.8 Å². The standard InChI is InChI=1S/C33H31FN10O3/c1-42(33(46)43-20-36-18-40-43)17-25(14-21-6-4-3-5-7-21)44-31-28(30(35)38-19-39-31)29(41-44)23-10-8-22(9-11-23)16-37-32(45)26-15-24(34)12-13-27(26)47-2/h3-13,15,18-20,25H,14,16-17H2,1-2H3,(H,37,45)(H2,35,38,39). The van der Waals surface area contributed by atoms with Crippen LogP contribution in [0, 0.1) is 5.82 Å². The highest BCUT2D eigenvalue weighted by Crippen LogP contribution is 2.33. The topological polar surface area (TPSA) is 159 Å². The Labute approximate surface area is 268 Å². The number of anilines is 1. The van der Waals surface area contributed by atoms with E-state index >= 15 is 0 Å². The first kappa shape index (κ1) is 30.8. The SMILES string of the molecule is COc1ccc(F)cc1C(=O)NCc1ccc(-c2nn(C(Cc3ccccc3)CN(C)C(=O)n3cncn3)c3ncnc(N)c23)cc1. The average Bonchev–Trinajstić information content (AvgIpc) is 3.77. The van der Waals surface area contributed by atoms with Gasteiger partial charge in [0, 0.05) is 25.7 Å². The van der Waals surface area contributed by atoms with Crippen molar-refractivity contribution < 1.29 is 18.7 Å². The molecule has 0 saturated heterocycles. The van der Waals surface area contributed by atoms with E-state index in [9.17, 15) is 14.0 Å². The molecule has 6 aromatic rings. The summed E-state index contributed by atoms with van der Waals surface area (Å²) in [6.45, 7) is 0.479. The van der Waals surface area contributed by atoms with Crippen molar-refractivity contribution in [2.24, 2.45) is 0 Å². The van der Waals surface area contributed by atoms with Crippen molar-refractivity contribution in [2.45, 2.75) is 19.0 Å². The van der Waals surface area contributed by atoms with Gasteiger partial charge in [0.05, 0.1) is 24.1 Å². The molecule has 13 nitrogen and oxygen atoms in total. The molecule has 6 rings (SSSR count). The molecule has 0 aliphatic heterocycles. The van der Waals surface area contributed by atoms with Gasteiger partial charge in [0.15, 0.2) is 5.65 Å². The van der Waals surface area contributed by atoms with Crippen LogP contribution in [-0.2, 0) is 13.0 Å². The average molecular weight is 635 g/mol. The number of nitrogen functional groups attached to an aromatic ring is 1. The van der Waals surface area contributed by atoms with Gasteiger partial charge in [-0.2, -0.15) is 14.9 Å². The van der Waals surface area contributed by atoms with Crippen LogP contribution in [0.2, 0.25) is 0 Å². The highest BCUT2D eigenvalue weighted by molar-refractivity contribution is 5.98. The predicted octanol–water partition coefficient (Wildman–Crippen LogP) is 4.13. The van der Waals surface area contributed by atoms with Gasteiger partial charge < -0.3 is 20.7 Å². The van der Waals surface area contributed by atoms with Crippen LogP contribution in [0.5, 0.6) is 5.75 Å². The molecule has 0 fully saturated rings. The third-order valence-electron chi connectivity index (χ3n) is 7.69. The number of hydrogen-bond acceptors (Lipinski definition) is 9. The largest absolute Gasteiger partial charge is 0.496 e. The number of amides is 2. The zero-order chi connectivity index (χ0) is 32.9. The third-order valence-corrected chi connectivity index (χ3v) is 7.69. The number of methoxy groups -OCH3 is 1. The molecule has 47 heavy (non-hydrogen) atoms. The lowest BCUT2D eigenvalue weighted by atomic mass is 10.1. The first-order chi connectivity index (χ1) is 22.8. The minimum absolute atomic E-state index is 0.107. The van der Waals surface area contributed by atoms with Crippen molar-refractivity contribution in [3.8, 4) is 17.0 Å². The summed E-state index contributed by atoms with van der Waals surface area (Å²) in [5.74, 6) is -0.449. The molecule has 238 valence electrons. The van der Waals surface area contributed by atoms with Gasteiger partial charge in [-0.15, -0.1) is 0 Å². The second kappa shape index (κ2) is 13.4. The Balaban J connectivity index is 1.30. The molecule has 1 unspecified atom stereocenters. The summed E-state index contributed by atoms with van der Waals surface area (Å²) >= 11 is 0. The summed E-state index contributed by atoms with van der Waals surface area (Å²) in [6, 6.07) is 20.5. The number of nitrogens with zero attached hydrogens (tertiary/aromatic N) is 8. The van der Waals surface area contributed by atoms with E-state index in [0.717, 1.165) is 22.8 Å². The molecule has 2 amide bonds. The number of benzene rings is 3. The minimum Gasteiger partial charge on any atom is -0.496 e. The van der Waals surface area contributed by atoms with E-state index in [4.69, 9.17) is 15.6 Å². The fourth-order valence-corrected chi connectivity index (χ4v) is 5.36. The van der Waals surface area contributed by atoms with Gasteiger partial charge in [0.25, 0.3) is 5.91 Å². The van der Waals surface area contributed by atoms with Crippen molar-refractivity contribution in [3.63, 3.8) is 0 Å². The lowest BCUT2D eigenvalue weighted by molar-refractivity contribution is 0.0947. The molecule has 1 atom stereocenters. The highest BCUT2D eigenvalue weighted by atomic mass is 19.1. The van der Waals surface area contributed by atoms with Crippen LogP contribution in [-0.4, -0.2) is 72.1 Å². The Morgan fingerprint density at radius 1 is 1.02 bits per heavy atom. The lowest BCUT2D eigenvalue weighted by Crippen LogP contribution is -2.37. The van der Waals surface area contributed by atoms with E-state index in [2.05, 4.69) is 25.4 Å². The van der Waals surface area contributed by atoms with E-state index in [1.807, 2.05) is 54.6 Å². The molecule has 3 heterocycles. The van der Waals surface area contributed by atoms with E-state index in [1.54, 1.807) is 16.6 Å². The zero-order valence-electron chi connectivity index (χ0n) is 25.6. The van der Waals surface area contributed by atoms with Crippen LogP contribution in [0.15, 0.2) is 91.8 Å². The molecule has 3 aromatic carbocycles. The number of rotatable bonds is 10. The zero-order valence-corrected chi connectivity index (χ0v) is 25.6. The van der Waals surface area contributed by atoms with Crippen LogP contribution in [0.4, 0.5) is 15.0 Å². The maximum Gasteiger partial charge on any atom is 0.345 e. The molecule has 0 bridgehead atoms.